The number of rotatable bonds is 3. The first-order chi connectivity index (χ1) is 9.93. The molecule has 0 spiro atoms. The summed E-state index contributed by atoms with van der Waals surface area (Å²) in [7, 11) is -10.2. The van der Waals surface area contributed by atoms with Crippen LogP contribution in [-0.4, -0.2) is 36.0 Å². The fourth-order valence-corrected chi connectivity index (χ4v) is 2.97. The Bertz CT molecular complexity index is 1020. The standard InChI is InChI=1S/C10H7NO9S2.2Na/c12-10-8(22(18,19)20)4-5-3-6(21(15,16)17)1-2-7(5)9(10)11(13)14;;/h1-4,12H,(H,15,16,17)(H,18,19,20);;/q;2*+1/p-2. The van der Waals surface area contributed by atoms with Gasteiger partial charge in [-0.05, 0) is 29.7 Å². The van der Waals surface area contributed by atoms with Crippen LogP contribution in [0.25, 0.3) is 10.8 Å². The minimum atomic E-state index is -5.26. The van der Waals surface area contributed by atoms with Gasteiger partial charge in [0.25, 0.3) is 0 Å². The molecule has 24 heavy (non-hydrogen) atoms. The van der Waals surface area contributed by atoms with Crippen molar-refractivity contribution in [2.45, 2.75) is 9.79 Å². The summed E-state index contributed by atoms with van der Waals surface area (Å²) < 4.78 is 65.9. The number of nitro benzene ring substituents is 1. The molecule has 0 aliphatic rings. The Morgan fingerprint density at radius 2 is 1.50 bits per heavy atom. The molecule has 0 heterocycles. The first-order valence-electron chi connectivity index (χ1n) is 5.29. The molecule has 0 bridgehead atoms. The molecule has 0 aliphatic heterocycles. The van der Waals surface area contributed by atoms with Gasteiger partial charge >= 0.3 is 64.8 Å². The van der Waals surface area contributed by atoms with Crippen LogP contribution in [0.5, 0.6) is 5.75 Å². The van der Waals surface area contributed by atoms with Crippen molar-refractivity contribution in [1.29, 1.82) is 0 Å². The summed E-state index contributed by atoms with van der Waals surface area (Å²) in [5.41, 5.74) is -1.08. The quantitative estimate of drug-likeness (QED) is 0.230. The molecule has 0 aliphatic carbocycles. The molecule has 0 atom stereocenters. The molecule has 0 saturated heterocycles. The minimum absolute atomic E-state index is 0. The number of nitrogens with zero attached hydrogens (tertiary/aromatic N) is 1. The first-order valence-corrected chi connectivity index (χ1v) is 8.10. The average Bonchev–Trinajstić information content (AvgIpc) is 2.34. The van der Waals surface area contributed by atoms with Crippen molar-refractivity contribution in [2.75, 3.05) is 0 Å². The van der Waals surface area contributed by atoms with Crippen LogP contribution in [0.1, 0.15) is 0 Å². The van der Waals surface area contributed by atoms with Crippen molar-refractivity contribution in [2.24, 2.45) is 0 Å². The third-order valence-electron chi connectivity index (χ3n) is 2.76. The molecule has 0 radical (unpaired) electrons. The van der Waals surface area contributed by atoms with Crippen molar-refractivity contribution in [3.05, 3.63) is 34.4 Å². The van der Waals surface area contributed by atoms with Crippen molar-refractivity contribution >= 4 is 36.7 Å². The van der Waals surface area contributed by atoms with Crippen molar-refractivity contribution in [3.8, 4) is 5.75 Å². The largest absolute Gasteiger partial charge is 1.00 e. The summed E-state index contributed by atoms with van der Waals surface area (Å²) in [5.74, 6) is -1.36. The Hall–Kier alpha value is -0.280. The van der Waals surface area contributed by atoms with Gasteiger partial charge in [0.1, 0.15) is 25.1 Å². The van der Waals surface area contributed by atoms with Gasteiger partial charge in [-0.2, -0.15) is 0 Å². The maximum Gasteiger partial charge on any atom is 1.00 e. The summed E-state index contributed by atoms with van der Waals surface area (Å²) in [6, 6.07) is 2.87. The van der Waals surface area contributed by atoms with Crippen molar-refractivity contribution < 1.29 is 95.1 Å². The van der Waals surface area contributed by atoms with E-state index in [2.05, 4.69) is 0 Å². The van der Waals surface area contributed by atoms with Gasteiger partial charge in [-0.15, -0.1) is 0 Å². The predicted molar refractivity (Wildman–Crippen MR) is 68.2 cm³/mol. The van der Waals surface area contributed by atoms with E-state index in [1.165, 1.54) is 0 Å². The maximum absolute atomic E-state index is 11.0. The van der Waals surface area contributed by atoms with Crippen molar-refractivity contribution in [3.63, 3.8) is 0 Å². The van der Waals surface area contributed by atoms with E-state index in [4.69, 9.17) is 0 Å². The Morgan fingerprint density at radius 1 is 0.958 bits per heavy atom. The second-order valence-corrected chi connectivity index (χ2v) is 6.85. The molecule has 0 aromatic heterocycles. The molecule has 2 rings (SSSR count). The molecule has 1 N–H and O–H groups in total. The normalized spacial score (nSPS) is 11.4. The number of hydrogen-bond acceptors (Lipinski definition) is 9. The van der Waals surface area contributed by atoms with E-state index in [0.717, 1.165) is 12.1 Å². The fraction of sp³-hybridized carbons (Fsp3) is 0. The van der Waals surface area contributed by atoms with Crippen LogP contribution >= 0.6 is 0 Å². The number of fused-ring (bicyclic) bond motifs is 1. The first kappa shape index (κ1) is 23.7. The topological polar surface area (TPSA) is 178 Å². The van der Waals surface area contributed by atoms with Crippen molar-refractivity contribution in [1.82, 2.24) is 0 Å². The van der Waals surface area contributed by atoms with Crippen LogP contribution in [0.3, 0.4) is 0 Å². The Balaban J connectivity index is 0.00000264. The van der Waals surface area contributed by atoms with Gasteiger partial charge in [0.15, 0.2) is 0 Å². The van der Waals surface area contributed by atoms with Crippen LogP contribution < -0.4 is 59.1 Å². The van der Waals surface area contributed by atoms with E-state index in [1.54, 1.807) is 0 Å². The van der Waals surface area contributed by atoms with Crippen LogP contribution in [0, 0.1) is 10.1 Å². The number of benzene rings is 2. The molecule has 0 unspecified atom stereocenters. The molecule has 2 aromatic rings. The summed E-state index contributed by atoms with van der Waals surface area (Å²) in [4.78, 5) is 7.78. The van der Waals surface area contributed by atoms with Gasteiger partial charge in [0.05, 0.1) is 15.2 Å². The van der Waals surface area contributed by atoms with E-state index in [0.29, 0.717) is 12.1 Å². The predicted octanol–water partition coefficient (Wildman–Crippen LogP) is -5.73. The molecule has 10 nitrogen and oxygen atoms in total. The third-order valence-corrected chi connectivity index (χ3v) is 4.44. The summed E-state index contributed by atoms with van der Waals surface area (Å²) in [5, 5.41) is 19.9. The summed E-state index contributed by atoms with van der Waals surface area (Å²) in [6.07, 6.45) is 0. The molecule has 118 valence electrons. The molecule has 14 heteroatoms. The summed E-state index contributed by atoms with van der Waals surface area (Å²) >= 11 is 0. The number of phenols is 1. The van der Waals surface area contributed by atoms with E-state index >= 15 is 0 Å². The Labute approximate surface area is 180 Å². The van der Waals surface area contributed by atoms with E-state index < -0.39 is 46.4 Å². The molecular weight excluding hydrogens is 388 g/mol. The maximum atomic E-state index is 11.0. The number of aromatic hydroxyl groups is 1. The van der Waals surface area contributed by atoms with Crippen LogP contribution in [0.15, 0.2) is 34.1 Å². The van der Waals surface area contributed by atoms with Gasteiger partial charge in [-0.25, -0.2) is 16.8 Å². The van der Waals surface area contributed by atoms with Crippen LogP contribution in [0.4, 0.5) is 5.69 Å². The van der Waals surface area contributed by atoms with Gasteiger partial charge < -0.3 is 14.2 Å². The van der Waals surface area contributed by atoms with E-state index in [9.17, 15) is 41.2 Å². The van der Waals surface area contributed by atoms with Gasteiger partial charge in [-0.3, -0.25) is 10.1 Å². The zero-order valence-electron chi connectivity index (χ0n) is 12.3. The average molecular weight is 393 g/mol. The molecular formula is C10H5NNa2O9S2. The molecule has 0 amide bonds. The Morgan fingerprint density at radius 3 is 1.92 bits per heavy atom. The van der Waals surface area contributed by atoms with Crippen LogP contribution in [0.2, 0.25) is 0 Å². The Kier molecular flexibility index (Phi) is 7.86. The molecule has 0 fully saturated rings. The smallest absolute Gasteiger partial charge is 0.744 e. The van der Waals surface area contributed by atoms with Gasteiger partial charge in [-0.1, -0.05) is 0 Å². The van der Waals surface area contributed by atoms with E-state index in [-0.39, 0.29) is 69.9 Å². The van der Waals surface area contributed by atoms with Gasteiger partial charge in [0, 0.05) is 0 Å². The zero-order valence-corrected chi connectivity index (χ0v) is 17.9. The summed E-state index contributed by atoms with van der Waals surface area (Å²) in [6.45, 7) is 0. The van der Waals surface area contributed by atoms with Crippen LogP contribution in [-0.2, 0) is 20.2 Å². The minimum Gasteiger partial charge on any atom is -0.744 e. The SMILES string of the molecule is O=[N+]([O-])c1c(O)c(S(=O)(=O)[O-])cc2cc(S(=O)(=O)[O-])ccc12.[Na+].[Na+]. The zero-order chi connectivity index (χ0) is 16.9. The van der Waals surface area contributed by atoms with E-state index in [1.807, 2.05) is 0 Å². The molecule has 2 aromatic carbocycles. The fourth-order valence-electron chi connectivity index (χ4n) is 1.86. The third kappa shape index (κ3) is 4.66. The second kappa shape index (κ2) is 7.95. The van der Waals surface area contributed by atoms with Gasteiger partial charge in [0.2, 0.25) is 5.75 Å². The number of nitro groups is 1. The number of hydrogen-bond donors (Lipinski definition) is 1. The molecule has 0 saturated carbocycles. The monoisotopic (exact) mass is 393 g/mol. The second-order valence-electron chi connectivity index (χ2n) is 4.12. The number of phenolic OH excluding ortho intramolecular Hbond substituents is 1.